The number of hydrazine groups is 1. The molecule has 1 aromatic heterocycles. The fourth-order valence-electron chi connectivity index (χ4n) is 1.69. The minimum absolute atomic E-state index is 0.0373. The van der Waals surface area contributed by atoms with Crippen LogP contribution in [0.25, 0.3) is 0 Å². The smallest absolute Gasteiger partial charge is 0.263 e. The van der Waals surface area contributed by atoms with Gasteiger partial charge in [-0.1, -0.05) is 17.7 Å². The van der Waals surface area contributed by atoms with Crippen LogP contribution in [-0.4, -0.2) is 13.4 Å². The molecule has 0 aliphatic carbocycles. The molecule has 0 spiro atoms. The summed E-state index contributed by atoms with van der Waals surface area (Å²) >= 11 is 5.89. The molecule has 2 aromatic rings. The number of sulfonamides is 1. The van der Waals surface area contributed by atoms with Gasteiger partial charge in [0, 0.05) is 11.9 Å². The number of nitrogens with one attached hydrogen (secondary N) is 2. The quantitative estimate of drug-likeness (QED) is 0.592. The van der Waals surface area contributed by atoms with Gasteiger partial charge in [-0.05, 0) is 43.2 Å². The van der Waals surface area contributed by atoms with E-state index in [1.165, 1.54) is 12.3 Å². The Balaban J connectivity index is 2.33. The van der Waals surface area contributed by atoms with E-state index in [2.05, 4.69) is 15.1 Å². The van der Waals surface area contributed by atoms with E-state index in [9.17, 15) is 8.42 Å². The second-order valence-electron chi connectivity index (χ2n) is 4.55. The molecular weight excluding hydrogens is 312 g/mol. The Morgan fingerprint density at radius 1 is 1.19 bits per heavy atom. The fraction of sp³-hybridized carbons (Fsp3) is 0.154. The maximum atomic E-state index is 12.3. The molecule has 1 aromatic carbocycles. The van der Waals surface area contributed by atoms with Crippen molar-refractivity contribution in [3.05, 3.63) is 46.6 Å². The highest BCUT2D eigenvalue weighted by molar-refractivity contribution is 7.92. The Morgan fingerprint density at radius 3 is 2.48 bits per heavy atom. The van der Waals surface area contributed by atoms with E-state index in [1.54, 1.807) is 12.1 Å². The molecule has 0 bridgehead atoms. The third-order valence-electron chi connectivity index (χ3n) is 3.02. The molecular formula is C13H15ClN4O2S. The standard InChI is InChI=1S/C13H15ClN4O2S/c1-8-3-4-10(5-9(8)2)18-21(19,20)11-6-12(14)13(17-15)16-7-11/h3-7,18H,15H2,1-2H3,(H,16,17). The van der Waals surface area contributed by atoms with E-state index in [1.807, 2.05) is 19.9 Å². The summed E-state index contributed by atoms with van der Waals surface area (Å²) in [6.45, 7) is 3.86. The number of aromatic nitrogens is 1. The van der Waals surface area contributed by atoms with Gasteiger partial charge in [0.25, 0.3) is 10.0 Å². The van der Waals surface area contributed by atoms with Gasteiger partial charge >= 0.3 is 0 Å². The number of hydrogen-bond acceptors (Lipinski definition) is 5. The lowest BCUT2D eigenvalue weighted by Gasteiger charge is -2.10. The molecule has 0 unspecified atom stereocenters. The maximum Gasteiger partial charge on any atom is 0.263 e. The minimum atomic E-state index is -3.76. The van der Waals surface area contributed by atoms with Gasteiger partial charge < -0.3 is 5.43 Å². The molecule has 8 heteroatoms. The van der Waals surface area contributed by atoms with Crippen LogP contribution in [0.2, 0.25) is 5.02 Å². The van der Waals surface area contributed by atoms with Crippen LogP contribution in [0.4, 0.5) is 11.5 Å². The molecule has 0 amide bonds. The van der Waals surface area contributed by atoms with Crippen LogP contribution in [0.15, 0.2) is 35.4 Å². The summed E-state index contributed by atoms with van der Waals surface area (Å²) in [7, 11) is -3.76. The third kappa shape index (κ3) is 3.44. The van der Waals surface area contributed by atoms with Crippen LogP contribution in [0.3, 0.4) is 0 Å². The molecule has 0 aliphatic heterocycles. The van der Waals surface area contributed by atoms with Crippen molar-refractivity contribution in [1.29, 1.82) is 0 Å². The average molecular weight is 327 g/mol. The molecule has 2 rings (SSSR count). The summed E-state index contributed by atoms with van der Waals surface area (Å²) in [4.78, 5) is 3.81. The third-order valence-corrected chi connectivity index (χ3v) is 4.66. The van der Waals surface area contributed by atoms with E-state index in [0.29, 0.717) is 5.69 Å². The summed E-state index contributed by atoms with van der Waals surface area (Å²) in [5.41, 5.74) is 4.84. The number of nitrogens with zero attached hydrogens (tertiary/aromatic N) is 1. The van der Waals surface area contributed by atoms with Crippen molar-refractivity contribution in [2.75, 3.05) is 10.1 Å². The maximum absolute atomic E-state index is 12.3. The number of aryl methyl sites for hydroxylation is 2. The van der Waals surface area contributed by atoms with Crippen LogP contribution in [-0.2, 0) is 10.0 Å². The highest BCUT2D eigenvalue weighted by Crippen LogP contribution is 2.24. The molecule has 112 valence electrons. The highest BCUT2D eigenvalue weighted by Gasteiger charge is 2.17. The number of anilines is 2. The largest absolute Gasteiger partial charge is 0.307 e. The van der Waals surface area contributed by atoms with Crippen molar-refractivity contribution in [3.8, 4) is 0 Å². The topological polar surface area (TPSA) is 97.1 Å². The van der Waals surface area contributed by atoms with Crippen LogP contribution in [0, 0.1) is 13.8 Å². The highest BCUT2D eigenvalue weighted by atomic mass is 35.5. The molecule has 0 saturated carbocycles. The van der Waals surface area contributed by atoms with Crippen molar-refractivity contribution in [1.82, 2.24) is 4.98 Å². The Bertz CT molecular complexity index is 778. The molecule has 0 atom stereocenters. The molecule has 0 radical (unpaired) electrons. The van der Waals surface area contributed by atoms with Crippen LogP contribution in [0.1, 0.15) is 11.1 Å². The Kier molecular flexibility index (Phi) is 4.36. The number of hydrogen-bond donors (Lipinski definition) is 3. The van der Waals surface area contributed by atoms with Gasteiger partial charge in [0.2, 0.25) is 0 Å². The van der Waals surface area contributed by atoms with Gasteiger partial charge in [-0.3, -0.25) is 4.72 Å². The van der Waals surface area contributed by atoms with E-state index in [4.69, 9.17) is 17.4 Å². The molecule has 6 nitrogen and oxygen atoms in total. The predicted octanol–water partition coefficient (Wildman–Crippen LogP) is 2.44. The lowest BCUT2D eigenvalue weighted by atomic mass is 10.1. The molecule has 0 saturated heterocycles. The summed E-state index contributed by atoms with van der Waals surface area (Å²) in [5.74, 6) is 5.41. The molecule has 21 heavy (non-hydrogen) atoms. The van der Waals surface area contributed by atoms with E-state index in [0.717, 1.165) is 11.1 Å². The summed E-state index contributed by atoms with van der Waals surface area (Å²) in [5, 5.41) is 0.125. The van der Waals surface area contributed by atoms with Crippen molar-refractivity contribution in [2.24, 2.45) is 5.84 Å². The zero-order chi connectivity index (χ0) is 15.6. The van der Waals surface area contributed by atoms with Gasteiger partial charge in [-0.25, -0.2) is 19.2 Å². The first kappa shape index (κ1) is 15.6. The molecule has 4 N–H and O–H groups in total. The van der Waals surface area contributed by atoms with Gasteiger partial charge in [0.15, 0.2) is 5.82 Å². The molecule has 0 aliphatic rings. The minimum Gasteiger partial charge on any atom is -0.307 e. The number of halogens is 1. The molecule has 1 heterocycles. The summed E-state index contributed by atoms with van der Waals surface area (Å²) in [6, 6.07) is 6.59. The SMILES string of the molecule is Cc1ccc(NS(=O)(=O)c2cnc(NN)c(Cl)c2)cc1C. The first-order chi connectivity index (χ1) is 9.83. The fourth-order valence-corrected chi connectivity index (χ4v) is 3.00. The first-order valence-corrected chi connectivity index (χ1v) is 7.92. The van der Waals surface area contributed by atoms with Crippen LogP contribution < -0.4 is 16.0 Å². The zero-order valence-corrected chi connectivity index (χ0v) is 13.1. The van der Waals surface area contributed by atoms with Crippen molar-refractivity contribution in [3.63, 3.8) is 0 Å². The zero-order valence-electron chi connectivity index (χ0n) is 11.5. The second kappa shape index (κ2) is 5.88. The van der Waals surface area contributed by atoms with Crippen LogP contribution >= 0.6 is 11.6 Å². The van der Waals surface area contributed by atoms with Gasteiger partial charge in [-0.15, -0.1) is 0 Å². The lowest BCUT2D eigenvalue weighted by molar-refractivity contribution is 0.601. The Labute approximate surface area is 128 Å². The summed E-state index contributed by atoms with van der Waals surface area (Å²) < 4.78 is 27.1. The normalized spacial score (nSPS) is 11.2. The molecule has 0 fully saturated rings. The van der Waals surface area contributed by atoms with E-state index in [-0.39, 0.29) is 15.7 Å². The average Bonchev–Trinajstić information content (AvgIpc) is 2.42. The number of rotatable bonds is 4. The van der Waals surface area contributed by atoms with E-state index >= 15 is 0 Å². The number of benzene rings is 1. The first-order valence-electron chi connectivity index (χ1n) is 6.06. The predicted molar refractivity (Wildman–Crippen MR) is 83.8 cm³/mol. The second-order valence-corrected chi connectivity index (χ2v) is 6.64. The van der Waals surface area contributed by atoms with Crippen molar-refractivity contribution < 1.29 is 8.42 Å². The van der Waals surface area contributed by atoms with E-state index < -0.39 is 10.0 Å². The Morgan fingerprint density at radius 2 is 1.90 bits per heavy atom. The van der Waals surface area contributed by atoms with Crippen molar-refractivity contribution in [2.45, 2.75) is 18.7 Å². The van der Waals surface area contributed by atoms with Gasteiger partial charge in [0.1, 0.15) is 4.90 Å². The van der Waals surface area contributed by atoms with Crippen LogP contribution in [0.5, 0.6) is 0 Å². The van der Waals surface area contributed by atoms with Crippen molar-refractivity contribution >= 4 is 33.1 Å². The van der Waals surface area contributed by atoms with Gasteiger partial charge in [-0.2, -0.15) is 0 Å². The lowest BCUT2D eigenvalue weighted by Crippen LogP contribution is -2.15. The number of pyridine rings is 1. The number of nitrogens with two attached hydrogens (primary N) is 1. The number of nitrogen functional groups attached to an aromatic ring is 1. The monoisotopic (exact) mass is 326 g/mol. The van der Waals surface area contributed by atoms with Gasteiger partial charge in [0.05, 0.1) is 5.02 Å². The summed E-state index contributed by atoms with van der Waals surface area (Å²) in [6.07, 6.45) is 1.18. The Hall–Kier alpha value is -1.83.